The Balaban J connectivity index is 2.22. The zero-order valence-corrected chi connectivity index (χ0v) is 10.6. The monoisotopic (exact) mass is 274 g/mol. The fraction of sp³-hybridized carbons (Fsp3) is 0.455. The highest BCUT2D eigenvalue weighted by Gasteiger charge is 2.30. The van der Waals surface area contributed by atoms with Crippen molar-refractivity contribution in [3.05, 3.63) is 30.1 Å². The molecule has 0 aromatic heterocycles. The van der Waals surface area contributed by atoms with Gasteiger partial charge >= 0.3 is 0 Å². The summed E-state index contributed by atoms with van der Waals surface area (Å²) in [6.07, 6.45) is -0.283. The molecule has 2 N–H and O–H groups in total. The average molecular weight is 274 g/mol. The van der Waals surface area contributed by atoms with Crippen molar-refractivity contribution < 1.29 is 17.5 Å². The van der Waals surface area contributed by atoms with Gasteiger partial charge in [-0.3, -0.25) is 0 Å². The molecule has 0 amide bonds. The van der Waals surface area contributed by atoms with Crippen molar-refractivity contribution in [2.75, 3.05) is 26.2 Å². The molecule has 1 aromatic carbocycles. The van der Waals surface area contributed by atoms with Gasteiger partial charge in [0.25, 0.3) is 0 Å². The molecule has 2 rings (SSSR count). The molecular weight excluding hydrogens is 259 g/mol. The van der Waals surface area contributed by atoms with Crippen molar-refractivity contribution in [3.8, 4) is 0 Å². The molecule has 1 atom stereocenters. The van der Waals surface area contributed by atoms with Gasteiger partial charge in [0.2, 0.25) is 10.0 Å². The minimum Gasteiger partial charge on any atom is -0.374 e. The van der Waals surface area contributed by atoms with Gasteiger partial charge in [-0.05, 0) is 24.3 Å². The quantitative estimate of drug-likeness (QED) is 0.853. The van der Waals surface area contributed by atoms with E-state index in [0.717, 1.165) is 12.1 Å². The maximum atomic E-state index is 12.8. The number of benzene rings is 1. The summed E-state index contributed by atoms with van der Waals surface area (Å²) in [7, 11) is -3.59. The molecule has 1 aliphatic rings. The van der Waals surface area contributed by atoms with Crippen LogP contribution in [0.5, 0.6) is 0 Å². The van der Waals surface area contributed by atoms with Crippen LogP contribution in [0.25, 0.3) is 0 Å². The summed E-state index contributed by atoms with van der Waals surface area (Å²) in [5.74, 6) is -0.462. The van der Waals surface area contributed by atoms with Gasteiger partial charge < -0.3 is 10.5 Å². The van der Waals surface area contributed by atoms with Crippen molar-refractivity contribution in [2.24, 2.45) is 5.73 Å². The van der Waals surface area contributed by atoms with Crippen molar-refractivity contribution in [2.45, 2.75) is 11.0 Å². The molecule has 0 spiro atoms. The molecule has 100 valence electrons. The zero-order chi connectivity index (χ0) is 13.2. The number of nitrogens with two attached hydrogens (primary N) is 1. The Hall–Kier alpha value is -1.02. The van der Waals surface area contributed by atoms with Gasteiger partial charge in [-0.2, -0.15) is 4.31 Å². The van der Waals surface area contributed by atoms with Gasteiger partial charge in [0.1, 0.15) is 5.82 Å². The van der Waals surface area contributed by atoms with Crippen LogP contribution >= 0.6 is 0 Å². The van der Waals surface area contributed by atoms with E-state index < -0.39 is 15.8 Å². The predicted molar refractivity (Wildman–Crippen MR) is 64.0 cm³/mol. The van der Waals surface area contributed by atoms with Gasteiger partial charge in [0.05, 0.1) is 17.6 Å². The van der Waals surface area contributed by atoms with E-state index in [-0.39, 0.29) is 30.6 Å². The lowest BCUT2D eigenvalue weighted by molar-refractivity contribution is 0.00450. The van der Waals surface area contributed by atoms with Gasteiger partial charge in [0.15, 0.2) is 0 Å². The molecule has 5 nitrogen and oxygen atoms in total. The third-order valence-corrected chi connectivity index (χ3v) is 4.70. The fourth-order valence-electron chi connectivity index (χ4n) is 1.81. The third-order valence-electron chi connectivity index (χ3n) is 2.82. The van der Waals surface area contributed by atoms with E-state index in [1.807, 2.05) is 0 Å². The van der Waals surface area contributed by atoms with E-state index in [1.54, 1.807) is 0 Å². The molecular formula is C11H15FN2O3S. The number of halogens is 1. The van der Waals surface area contributed by atoms with Crippen LogP contribution in [0.15, 0.2) is 29.2 Å². The zero-order valence-electron chi connectivity index (χ0n) is 9.75. The molecule has 1 aliphatic heterocycles. The normalized spacial score (nSPS) is 22.0. The highest BCUT2D eigenvalue weighted by Crippen LogP contribution is 2.18. The minimum absolute atomic E-state index is 0.0848. The lowest BCUT2D eigenvalue weighted by Crippen LogP contribution is -2.48. The Bertz CT molecular complexity index is 504. The second-order valence-electron chi connectivity index (χ2n) is 4.05. The Kier molecular flexibility index (Phi) is 3.96. The van der Waals surface area contributed by atoms with E-state index >= 15 is 0 Å². The Morgan fingerprint density at radius 1 is 1.39 bits per heavy atom. The minimum atomic E-state index is -3.59. The van der Waals surface area contributed by atoms with E-state index in [4.69, 9.17) is 10.5 Å². The van der Waals surface area contributed by atoms with Gasteiger partial charge in [-0.1, -0.05) is 0 Å². The second kappa shape index (κ2) is 5.31. The van der Waals surface area contributed by atoms with Crippen LogP contribution in [0.2, 0.25) is 0 Å². The molecule has 7 heteroatoms. The largest absolute Gasteiger partial charge is 0.374 e. The Morgan fingerprint density at radius 2 is 2.06 bits per heavy atom. The summed E-state index contributed by atoms with van der Waals surface area (Å²) >= 11 is 0. The summed E-state index contributed by atoms with van der Waals surface area (Å²) in [5, 5.41) is 0. The fourth-order valence-corrected chi connectivity index (χ4v) is 3.26. The first-order chi connectivity index (χ1) is 8.54. The number of nitrogens with zero attached hydrogens (tertiary/aromatic N) is 1. The third kappa shape index (κ3) is 2.69. The van der Waals surface area contributed by atoms with Crippen molar-refractivity contribution >= 4 is 10.0 Å². The smallest absolute Gasteiger partial charge is 0.243 e. The number of hydrogen-bond acceptors (Lipinski definition) is 4. The van der Waals surface area contributed by atoms with E-state index in [2.05, 4.69) is 0 Å². The summed E-state index contributed by atoms with van der Waals surface area (Å²) in [6.45, 7) is 1.12. The van der Waals surface area contributed by atoms with Crippen LogP contribution in [0.4, 0.5) is 4.39 Å². The maximum Gasteiger partial charge on any atom is 0.243 e. The molecule has 1 fully saturated rings. The van der Waals surface area contributed by atoms with Gasteiger partial charge in [-0.15, -0.1) is 0 Å². The topological polar surface area (TPSA) is 72.6 Å². The number of hydrogen-bond donors (Lipinski definition) is 1. The first-order valence-corrected chi connectivity index (χ1v) is 7.05. The number of rotatable bonds is 3. The summed E-state index contributed by atoms with van der Waals surface area (Å²) in [4.78, 5) is 0.0848. The molecule has 18 heavy (non-hydrogen) atoms. The molecule has 0 radical (unpaired) electrons. The standard InChI is InChI=1S/C11H15FN2O3S/c12-9-1-3-11(4-2-9)18(15,16)14-5-6-17-10(7-13)8-14/h1-4,10H,5-8,13H2/t10-/m0/s1. The van der Waals surface area contributed by atoms with Crippen molar-refractivity contribution in [1.29, 1.82) is 0 Å². The van der Waals surface area contributed by atoms with Crippen LogP contribution in [0.1, 0.15) is 0 Å². The summed E-state index contributed by atoms with van der Waals surface area (Å²) < 4.78 is 44.0. The molecule has 0 unspecified atom stereocenters. The molecule has 1 heterocycles. The van der Waals surface area contributed by atoms with Crippen LogP contribution in [-0.2, 0) is 14.8 Å². The molecule has 0 saturated carbocycles. The van der Waals surface area contributed by atoms with Crippen LogP contribution in [-0.4, -0.2) is 45.1 Å². The highest BCUT2D eigenvalue weighted by molar-refractivity contribution is 7.89. The highest BCUT2D eigenvalue weighted by atomic mass is 32.2. The van der Waals surface area contributed by atoms with Crippen molar-refractivity contribution in [3.63, 3.8) is 0 Å². The van der Waals surface area contributed by atoms with Crippen molar-refractivity contribution in [1.82, 2.24) is 4.31 Å². The number of ether oxygens (including phenoxy) is 1. The second-order valence-corrected chi connectivity index (χ2v) is 5.98. The number of morpholine rings is 1. The molecule has 0 bridgehead atoms. The summed E-state index contributed by atoms with van der Waals surface area (Å²) in [5.41, 5.74) is 5.47. The predicted octanol–water partition coefficient (Wildman–Crippen LogP) is 0.174. The maximum absolute atomic E-state index is 12.8. The lowest BCUT2D eigenvalue weighted by Gasteiger charge is -2.31. The Labute approximate surface area is 105 Å². The summed E-state index contributed by atoms with van der Waals surface area (Å²) in [6, 6.07) is 4.79. The number of sulfonamides is 1. The molecule has 1 saturated heterocycles. The Morgan fingerprint density at radius 3 is 2.67 bits per heavy atom. The van der Waals surface area contributed by atoms with E-state index in [1.165, 1.54) is 16.4 Å². The van der Waals surface area contributed by atoms with Gasteiger partial charge in [-0.25, -0.2) is 12.8 Å². The molecule has 1 aromatic rings. The van der Waals surface area contributed by atoms with Crippen LogP contribution in [0, 0.1) is 5.82 Å². The van der Waals surface area contributed by atoms with E-state index in [0.29, 0.717) is 6.61 Å². The molecule has 0 aliphatic carbocycles. The average Bonchev–Trinajstić information content (AvgIpc) is 2.39. The SMILES string of the molecule is NC[C@H]1CN(S(=O)(=O)c2ccc(F)cc2)CCO1. The van der Waals surface area contributed by atoms with Gasteiger partial charge in [0, 0.05) is 19.6 Å². The van der Waals surface area contributed by atoms with Crippen LogP contribution in [0.3, 0.4) is 0 Å². The first-order valence-electron chi connectivity index (χ1n) is 5.61. The lowest BCUT2D eigenvalue weighted by atomic mass is 10.3. The van der Waals surface area contributed by atoms with Crippen LogP contribution < -0.4 is 5.73 Å². The first kappa shape index (κ1) is 13.4. The van der Waals surface area contributed by atoms with E-state index in [9.17, 15) is 12.8 Å².